The molecule has 17 heavy (non-hydrogen) atoms. The van der Waals surface area contributed by atoms with Crippen molar-refractivity contribution in [1.82, 2.24) is 5.32 Å². The molecule has 0 aromatic heterocycles. The van der Waals surface area contributed by atoms with Crippen molar-refractivity contribution < 1.29 is 9.53 Å². The molecule has 1 aromatic carbocycles. The molecule has 94 valence electrons. The lowest BCUT2D eigenvalue weighted by Crippen LogP contribution is -2.31. The molecule has 1 N–H and O–H groups in total. The second-order valence-electron chi connectivity index (χ2n) is 3.96. The first-order valence-corrected chi connectivity index (χ1v) is 6.20. The minimum atomic E-state index is -0.0471. The first kappa shape index (κ1) is 13.7. The lowest BCUT2D eigenvalue weighted by atomic mass is 10.0. The highest BCUT2D eigenvalue weighted by atomic mass is 16.5. The van der Waals surface area contributed by atoms with E-state index in [0.29, 0.717) is 6.61 Å². The number of hydrogen-bond acceptors (Lipinski definition) is 2. The summed E-state index contributed by atoms with van der Waals surface area (Å²) in [5, 5.41) is 3.01. The lowest BCUT2D eigenvalue weighted by molar-refractivity contribution is -0.126. The van der Waals surface area contributed by atoms with Gasteiger partial charge in [0.15, 0.2) is 0 Å². The standard InChI is InChI=1S/C14H21NO2/c1-3-8-13(12-9-6-5-7-10-12)15-14(16)11-17-4-2/h5-7,9-10,13H,3-4,8,11H2,1-2H3,(H,15,16). The van der Waals surface area contributed by atoms with E-state index in [1.165, 1.54) is 0 Å². The Hall–Kier alpha value is -1.35. The number of rotatable bonds is 7. The van der Waals surface area contributed by atoms with Crippen LogP contribution in [-0.4, -0.2) is 19.1 Å². The molecule has 0 heterocycles. The summed E-state index contributed by atoms with van der Waals surface area (Å²) < 4.78 is 5.10. The van der Waals surface area contributed by atoms with Gasteiger partial charge in [0.1, 0.15) is 6.61 Å². The van der Waals surface area contributed by atoms with Gasteiger partial charge >= 0.3 is 0 Å². The maximum atomic E-state index is 11.6. The van der Waals surface area contributed by atoms with Gasteiger partial charge in [-0.3, -0.25) is 4.79 Å². The highest BCUT2D eigenvalue weighted by Crippen LogP contribution is 2.17. The van der Waals surface area contributed by atoms with Crippen LogP contribution >= 0.6 is 0 Å². The SMILES string of the molecule is CCCC(NC(=O)COCC)c1ccccc1. The van der Waals surface area contributed by atoms with E-state index in [9.17, 15) is 4.79 Å². The second-order valence-corrected chi connectivity index (χ2v) is 3.96. The third-order valence-corrected chi connectivity index (χ3v) is 2.55. The van der Waals surface area contributed by atoms with Crippen molar-refractivity contribution in [3.05, 3.63) is 35.9 Å². The fraction of sp³-hybridized carbons (Fsp3) is 0.500. The van der Waals surface area contributed by atoms with Crippen molar-refractivity contribution in [3.63, 3.8) is 0 Å². The predicted molar refractivity (Wildman–Crippen MR) is 68.7 cm³/mol. The van der Waals surface area contributed by atoms with Gasteiger partial charge in [0.05, 0.1) is 6.04 Å². The minimum absolute atomic E-state index is 0.0471. The highest BCUT2D eigenvalue weighted by molar-refractivity contribution is 5.77. The topological polar surface area (TPSA) is 38.3 Å². The van der Waals surface area contributed by atoms with Gasteiger partial charge in [-0.1, -0.05) is 43.7 Å². The molecule has 0 aliphatic carbocycles. The number of benzene rings is 1. The zero-order valence-corrected chi connectivity index (χ0v) is 10.6. The summed E-state index contributed by atoms with van der Waals surface area (Å²) in [5.74, 6) is -0.0471. The maximum Gasteiger partial charge on any atom is 0.246 e. The normalized spacial score (nSPS) is 12.1. The van der Waals surface area contributed by atoms with Crippen LogP contribution in [0.2, 0.25) is 0 Å². The molecule has 0 bridgehead atoms. The van der Waals surface area contributed by atoms with Crippen molar-refractivity contribution in [1.29, 1.82) is 0 Å². The molecule has 1 amide bonds. The molecule has 0 saturated carbocycles. The molecule has 0 saturated heterocycles. The van der Waals surface area contributed by atoms with Gasteiger partial charge in [-0.05, 0) is 18.9 Å². The largest absolute Gasteiger partial charge is 0.372 e. The van der Waals surface area contributed by atoms with Crippen molar-refractivity contribution in [2.24, 2.45) is 0 Å². The highest BCUT2D eigenvalue weighted by Gasteiger charge is 2.12. The second kappa shape index (κ2) is 7.85. The first-order chi connectivity index (χ1) is 8.27. The number of ether oxygens (including phenoxy) is 1. The number of carbonyl (C=O) groups excluding carboxylic acids is 1. The van der Waals surface area contributed by atoms with Crippen LogP contribution in [0.25, 0.3) is 0 Å². The molecule has 0 aliphatic rings. The first-order valence-electron chi connectivity index (χ1n) is 6.20. The number of hydrogen-bond donors (Lipinski definition) is 1. The molecular formula is C14H21NO2. The van der Waals surface area contributed by atoms with E-state index < -0.39 is 0 Å². The van der Waals surface area contributed by atoms with E-state index in [1.54, 1.807) is 0 Å². The van der Waals surface area contributed by atoms with Crippen LogP contribution in [0.15, 0.2) is 30.3 Å². The van der Waals surface area contributed by atoms with Gasteiger partial charge in [0, 0.05) is 6.61 Å². The third kappa shape index (κ3) is 5.00. The smallest absolute Gasteiger partial charge is 0.246 e. The zero-order chi connectivity index (χ0) is 12.5. The van der Waals surface area contributed by atoms with Gasteiger partial charge in [-0.15, -0.1) is 0 Å². The van der Waals surface area contributed by atoms with Crippen LogP contribution in [0.3, 0.4) is 0 Å². The Morgan fingerprint density at radius 3 is 2.59 bits per heavy atom. The average Bonchev–Trinajstić information content (AvgIpc) is 2.37. The molecule has 0 spiro atoms. The summed E-state index contributed by atoms with van der Waals surface area (Å²) in [6.07, 6.45) is 1.98. The summed E-state index contributed by atoms with van der Waals surface area (Å²) in [5.41, 5.74) is 1.15. The molecular weight excluding hydrogens is 214 g/mol. The van der Waals surface area contributed by atoms with Crippen molar-refractivity contribution >= 4 is 5.91 Å². The Morgan fingerprint density at radius 1 is 1.29 bits per heavy atom. The minimum Gasteiger partial charge on any atom is -0.372 e. The van der Waals surface area contributed by atoms with E-state index in [0.717, 1.165) is 18.4 Å². The fourth-order valence-electron chi connectivity index (χ4n) is 1.73. The summed E-state index contributed by atoms with van der Waals surface area (Å²) in [6.45, 7) is 4.71. The van der Waals surface area contributed by atoms with Crippen LogP contribution in [0.4, 0.5) is 0 Å². The van der Waals surface area contributed by atoms with Gasteiger partial charge < -0.3 is 10.1 Å². The van der Waals surface area contributed by atoms with Crippen molar-refractivity contribution in [2.45, 2.75) is 32.7 Å². The molecule has 1 atom stereocenters. The van der Waals surface area contributed by atoms with E-state index >= 15 is 0 Å². The molecule has 1 aromatic rings. The Balaban J connectivity index is 2.57. The lowest BCUT2D eigenvalue weighted by Gasteiger charge is -2.18. The average molecular weight is 235 g/mol. The molecule has 3 nitrogen and oxygen atoms in total. The molecule has 0 aliphatic heterocycles. The quantitative estimate of drug-likeness (QED) is 0.789. The number of carbonyl (C=O) groups is 1. The fourth-order valence-corrected chi connectivity index (χ4v) is 1.73. The molecule has 0 radical (unpaired) electrons. The van der Waals surface area contributed by atoms with Crippen molar-refractivity contribution in [2.75, 3.05) is 13.2 Å². The van der Waals surface area contributed by atoms with Gasteiger partial charge in [-0.25, -0.2) is 0 Å². The predicted octanol–water partition coefficient (Wildman–Crippen LogP) is 2.68. The summed E-state index contributed by atoms with van der Waals surface area (Å²) in [4.78, 5) is 11.6. The molecule has 0 fully saturated rings. The van der Waals surface area contributed by atoms with E-state index in [-0.39, 0.29) is 18.6 Å². The Kier molecular flexibility index (Phi) is 6.33. The third-order valence-electron chi connectivity index (χ3n) is 2.55. The van der Waals surface area contributed by atoms with Gasteiger partial charge in [0.2, 0.25) is 5.91 Å². The molecule has 1 rings (SSSR count). The maximum absolute atomic E-state index is 11.6. The molecule has 3 heteroatoms. The van der Waals surface area contributed by atoms with E-state index in [2.05, 4.69) is 12.2 Å². The van der Waals surface area contributed by atoms with Crippen LogP contribution in [0, 0.1) is 0 Å². The van der Waals surface area contributed by atoms with Gasteiger partial charge in [0.25, 0.3) is 0 Å². The van der Waals surface area contributed by atoms with Crippen LogP contribution in [-0.2, 0) is 9.53 Å². The Labute approximate surface area is 103 Å². The van der Waals surface area contributed by atoms with Crippen LogP contribution in [0.5, 0.6) is 0 Å². The molecule has 1 unspecified atom stereocenters. The van der Waals surface area contributed by atoms with Crippen LogP contribution in [0.1, 0.15) is 38.3 Å². The Bertz CT molecular complexity index is 324. The summed E-state index contributed by atoms with van der Waals surface area (Å²) in [7, 11) is 0. The monoisotopic (exact) mass is 235 g/mol. The van der Waals surface area contributed by atoms with Crippen molar-refractivity contribution in [3.8, 4) is 0 Å². The summed E-state index contributed by atoms with van der Waals surface area (Å²) in [6, 6.07) is 10.1. The number of nitrogens with one attached hydrogen (secondary N) is 1. The summed E-state index contributed by atoms with van der Waals surface area (Å²) >= 11 is 0. The zero-order valence-electron chi connectivity index (χ0n) is 10.6. The number of amides is 1. The Morgan fingerprint density at radius 2 is 2.00 bits per heavy atom. The van der Waals surface area contributed by atoms with Crippen LogP contribution < -0.4 is 5.32 Å². The van der Waals surface area contributed by atoms with E-state index in [4.69, 9.17) is 4.74 Å². The van der Waals surface area contributed by atoms with E-state index in [1.807, 2.05) is 37.3 Å². The van der Waals surface area contributed by atoms with Gasteiger partial charge in [-0.2, -0.15) is 0 Å².